The maximum absolute atomic E-state index is 6.13. The van der Waals surface area contributed by atoms with Crippen molar-refractivity contribution in [3.8, 4) is 5.75 Å². The van der Waals surface area contributed by atoms with Crippen molar-refractivity contribution in [3.63, 3.8) is 0 Å². The SMILES string of the molecule is CCCC1CCC(Br)C(CC2Cc3ccccc3O2)C1. The molecule has 1 aliphatic heterocycles. The minimum atomic E-state index is 0.401. The van der Waals surface area contributed by atoms with Crippen molar-refractivity contribution in [1.82, 2.24) is 0 Å². The van der Waals surface area contributed by atoms with E-state index < -0.39 is 0 Å². The summed E-state index contributed by atoms with van der Waals surface area (Å²) in [5.74, 6) is 2.85. The van der Waals surface area contributed by atoms with E-state index in [2.05, 4.69) is 47.1 Å². The van der Waals surface area contributed by atoms with E-state index in [1.54, 1.807) is 0 Å². The number of benzene rings is 1. The molecule has 1 nitrogen and oxygen atoms in total. The number of hydrogen-bond donors (Lipinski definition) is 0. The first-order valence-electron chi connectivity index (χ1n) is 8.15. The number of rotatable bonds is 4. The quantitative estimate of drug-likeness (QED) is 0.672. The van der Waals surface area contributed by atoms with E-state index in [4.69, 9.17) is 4.74 Å². The summed E-state index contributed by atoms with van der Waals surface area (Å²) in [6, 6.07) is 8.52. The van der Waals surface area contributed by atoms with Crippen LogP contribution in [0, 0.1) is 11.8 Å². The third kappa shape index (κ3) is 3.21. The third-order valence-electron chi connectivity index (χ3n) is 4.97. The lowest BCUT2D eigenvalue weighted by molar-refractivity contribution is 0.160. The fourth-order valence-electron chi connectivity index (χ4n) is 3.96. The van der Waals surface area contributed by atoms with Crippen molar-refractivity contribution in [1.29, 1.82) is 0 Å². The van der Waals surface area contributed by atoms with Crippen molar-refractivity contribution >= 4 is 15.9 Å². The summed E-state index contributed by atoms with van der Waals surface area (Å²) in [4.78, 5) is 0.697. The molecule has 0 N–H and O–H groups in total. The molecule has 3 rings (SSSR count). The van der Waals surface area contributed by atoms with Crippen LogP contribution in [0.5, 0.6) is 5.75 Å². The lowest BCUT2D eigenvalue weighted by atomic mass is 9.77. The largest absolute Gasteiger partial charge is 0.490 e. The smallest absolute Gasteiger partial charge is 0.123 e. The van der Waals surface area contributed by atoms with Crippen molar-refractivity contribution in [2.75, 3.05) is 0 Å². The van der Waals surface area contributed by atoms with Gasteiger partial charge in [-0.3, -0.25) is 0 Å². The first kappa shape index (κ1) is 14.4. The third-order valence-corrected chi connectivity index (χ3v) is 6.18. The lowest BCUT2D eigenvalue weighted by Crippen LogP contribution is -2.30. The van der Waals surface area contributed by atoms with E-state index in [1.807, 2.05) is 0 Å². The van der Waals surface area contributed by atoms with Gasteiger partial charge in [-0.1, -0.05) is 53.9 Å². The summed E-state index contributed by atoms with van der Waals surface area (Å²) in [6.07, 6.45) is 9.59. The minimum absolute atomic E-state index is 0.401. The molecule has 20 heavy (non-hydrogen) atoms. The van der Waals surface area contributed by atoms with E-state index in [-0.39, 0.29) is 0 Å². The van der Waals surface area contributed by atoms with Crippen LogP contribution in [0.4, 0.5) is 0 Å². The zero-order valence-electron chi connectivity index (χ0n) is 12.4. The van der Waals surface area contributed by atoms with Gasteiger partial charge in [-0.25, -0.2) is 0 Å². The maximum atomic E-state index is 6.13. The zero-order chi connectivity index (χ0) is 13.9. The molecular weight excluding hydrogens is 312 g/mol. The molecule has 0 aromatic heterocycles. The standard InChI is InChI=1S/C18H25BrO/c1-2-5-13-8-9-17(19)15(10-13)12-16-11-14-6-3-4-7-18(14)20-16/h3-4,6-7,13,15-17H,2,5,8-12H2,1H3. The van der Waals surface area contributed by atoms with Crippen LogP contribution in [-0.2, 0) is 6.42 Å². The molecule has 110 valence electrons. The van der Waals surface area contributed by atoms with Crippen LogP contribution in [0.2, 0.25) is 0 Å². The van der Waals surface area contributed by atoms with Crippen LogP contribution in [0.1, 0.15) is 51.0 Å². The fraction of sp³-hybridized carbons (Fsp3) is 0.667. The van der Waals surface area contributed by atoms with Gasteiger partial charge in [0.25, 0.3) is 0 Å². The Morgan fingerprint density at radius 1 is 1.25 bits per heavy atom. The number of halogens is 1. The van der Waals surface area contributed by atoms with Gasteiger partial charge in [0.05, 0.1) is 0 Å². The second-order valence-electron chi connectivity index (χ2n) is 6.53. The van der Waals surface area contributed by atoms with Crippen LogP contribution in [-0.4, -0.2) is 10.9 Å². The van der Waals surface area contributed by atoms with E-state index in [0.717, 1.165) is 24.0 Å². The highest BCUT2D eigenvalue weighted by atomic mass is 79.9. The molecule has 0 amide bonds. The first-order valence-corrected chi connectivity index (χ1v) is 9.06. The molecule has 0 bridgehead atoms. The Hall–Kier alpha value is -0.500. The molecule has 1 aliphatic carbocycles. The van der Waals surface area contributed by atoms with Gasteiger partial charge in [0.2, 0.25) is 0 Å². The monoisotopic (exact) mass is 336 g/mol. The zero-order valence-corrected chi connectivity index (χ0v) is 13.9. The highest BCUT2D eigenvalue weighted by Gasteiger charge is 2.33. The van der Waals surface area contributed by atoms with Crippen molar-refractivity contribution in [2.24, 2.45) is 11.8 Å². The van der Waals surface area contributed by atoms with Crippen molar-refractivity contribution in [2.45, 2.75) is 62.8 Å². The number of para-hydroxylation sites is 1. The Balaban J connectivity index is 1.58. The Morgan fingerprint density at radius 2 is 2.10 bits per heavy atom. The van der Waals surface area contributed by atoms with Crippen LogP contribution in [0.3, 0.4) is 0 Å². The average Bonchev–Trinajstić information content (AvgIpc) is 2.85. The van der Waals surface area contributed by atoms with Crippen LogP contribution in [0.25, 0.3) is 0 Å². The predicted octanol–water partition coefficient (Wildman–Crippen LogP) is 5.36. The normalized spacial score (nSPS) is 32.7. The average molecular weight is 337 g/mol. The highest BCUT2D eigenvalue weighted by molar-refractivity contribution is 9.09. The van der Waals surface area contributed by atoms with Gasteiger partial charge in [-0.15, -0.1) is 0 Å². The molecule has 1 heterocycles. The van der Waals surface area contributed by atoms with Gasteiger partial charge in [0, 0.05) is 11.2 Å². The van der Waals surface area contributed by atoms with E-state index >= 15 is 0 Å². The molecule has 1 aromatic rings. The molecule has 0 spiro atoms. The predicted molar refractivity (Wildman–Crippen MR) is 87.6 cm³/mol. The summed E-state index contributed by atoms with van der Waals surface area (Å²) >= 11 is 3.92. The molecule has 0 radical (unpaired) electrons. The molecule has 4 atom stereocenters. The van der Waals surface area contributed by atoms with E-state index in [1.165, 1.54) is 44.1 Å². The molecule has 4 unspecified atom stereocenters. The van der Waals surface area contributed by atoms with E-state index in [9.17, 15) is 0 Å². The molecule has 2 heteroatoms. The number of fused-ring (bicyclic) bond motifs is 1. The van der Waals surface area contributed by atoms with Crippen LogP contribution >= 0.6 is 15.9 Å². The highest BCUT2D eigenvalue weighted by Crippen LogP contribution is 2.40. The summed E-state index contributed by atoms with van der Waals surface area (Å²) in [7, 11) is 0. The summed E-state index contributed by atoms with van der Waals surface area (Å²) in [5.41, 5.74) is 1.39. The van der Waals surface area contributed by atoms with Crippen molar-refractivity contribution in [3.05, 3.63) is 29.8 Å². The second-order valence-corrected chi connectivity index (χ2v) is 7.71. The Morgan fingerprint density at radius 3 is 2.90 bits per heavy atom. The van der Waals surface area contributed by atoms with Gasteiger partial charge in [0.15, 0.2) is 0 Å². The van der Waals surface area contributed by atoms with Crippen LogP contribution < -0.4 is 4.74 Å². The molecule has 1 fully saturated rings. The first-order chi connectivity index (χ1) is 9.76. The lowest BCUT2D eigenvalue weighted by Gasteiger charge is -2.34. The molecule has 1 aromatic carbocycles. The topological polar surface area (TPSA) is 9.23 Å². The Labute approximate surface area is 131 Å². The summed E-state index contributed by atoms with van der Waals surface area (Å²) < 4.78 is 6.13. The van der Waals surface area contributed by atoms with Crippen LogP contribution in [0.15, 0.2) is 24.3 Å². The number of hydrogen-bond acceptors (Lipinski definition) is 1. The van der Waals surface area contributed by atoms with Gasteiger partial charge in [-0.2, -0.15) is 0 Å². The van der Waals surface area contributed by atoms with Gasteiger partial charge < -0.3 is 4.74 Å². The second kappa shape index (κ2) is 6.51. The minimum Gasteiger partial charge on any atom is -0.490 e. The molecule has 1 saturated carbocycles. The molecule has 0 saturated heterocycles. The summed E-state index contributed by atoms with van der Waals surface area (Å²) in [5, 5.41) is 0. The maximum Gasteiger partial charge on any atom is 0.123 e. The summed E-state index contributed by atoms with van der Waals surface area (Å²) in [6.45, 7) is 2.31. The van der Waals surface area contributed by atoms with Crippen molar-refractivity contribution < 1.29 is 4.74 Å². The Kier molecular flexibility index (Phi) is 4.70. The number of alkyl halides is 1. The number of ether oxygens (including phenoxy) is 1. The van der Waals surface area contributed by atoms with Gasteiger partial charge in [-0.05, 0) is 49.1 Å². The van der Waals surface area contributed by atoms with Gasteiger partial charge >= 0.3 is 0 Å². The van der Waals surface area contributed by atoms with Gasteiger partial charge in [0.1, 0.15) is 11.9 Å². The Bertz CT molecular complexity index is 420. The molecular formula is C18H25BrO. The fourth-order valence-corrected chi connectivity index (χ4v) is 4.66. The van der Waals surface area contributed by atoms with E-state index in [0.29, 0.717) is 10.9 Å². The molecule has 2 aliphatic rings.